The van der Waals surface area contributed by atoms with E-state index in [9.17, 15) is 21.6 Å². The van der Waals surface area contributed by atoms with E-state index in [-0.39, 0.29) is 10.7 Å². The number of benzene rings is 1. The number of hydrogen-bond acceptors (Lipinski definition) is 3. The molecule has 0 heterocycles. The van der Waals surface area contributed by atoms with E-state index in [1.807, 2.05) is 4.72 Å². The second-order valence-corrected chi connectivity index (χ2v) is 6.06. The minimum atomic E-state index is -4.46. The number of sulfonamides is 1. The molecule has 0 aromatic heterocycles. The lowest BCUT2D eigenvalue weighted by Gasteiger charge is -2.17. The Hall–Kier alpha value is -0.990. The summed E-state index contributed by atoms with van der Waals surface area (Å²) in [6.07, 6.45) is -5.75. The maximum atomic E-state index is 12.2. The first-order valence-electron chi connectivity index (χ1n) is 5.16. The zero-order valence-electron chi connectivity index (χ0n) is 9.83. The number of halogens is 4. The lowest BCUT2D eigenvalue weighted by Crippen LogP contribution is -2.36. The predicted molar refractivity (Wildman–Crippen MR) is 66.3 cm³/mol. The van der Waals surface area contributed by atoms with Gasteiger partial charge in [0.25, 0.3) is 0 Å². The van der Waals surface area contributed by atoms with Gasteiger partial charge in [0.1, 0.15) is 4.90 Å². The van der Waals surface area contributed by atoms with Crippen molar-refractivity contribution < 1.29 is 21.6 Å². The van der Waals surface area contributed by atoms with Crippen LogP contribution >= 0.6 is 11.6 Å². The summed E-state index contributed by atoms with van der Waals surface area (Å²) >= 11 is 5.71. The summed E-state index contributed by atoms with van der Waals surface area (Å²) in [4.78, 5) is -0.411. The van der Waals surface area contributed by atoms with Crippen molar-refractivity contribution in [3.8, 4) is 0 Å². The van der Waals surface area contributed by atoms with Gasteiger partial charge in [0, 0.05) is 6.04 Å². The molecule has 0 aliphatic heterocycles. The number of alkyl halides is 3. The highest BCUT2D eigenvalue weighted by atomic mass is 35.5. The molecule has 1 atom stereocenters. The molecule has 0 saturated heterocycles. The first-order valence-corrected chi connectivity index (χ1v) is 7.02. The first kappa shape index (κ1) is 16.1. The van der Waals surface area contributed by atoms with Gasteiger partial charge in [0.05, 0.1) is 17.1 Å². The van der Waals surface area contributed by atoms with Crippen LogP contribution in [0.15, 0.2) is 23.1 Å². The second kappa shape index (κ2) is 5.56. The lowest BCUT2D eigenvalue weighted by molar-refractivity contribution is -0.137. The third-order valence-electron chi connectivity index (χ3n) is 2.16. The van der Waals surface area contributed by atoms with Crippen molar-refractivity contribution >= 4 is 27.3 Å². The number of rotatable bonds is 4. The molecular formula is C10H12ClF3N2O2S. The third-order valence-corrected chi connectivity index (χ3v) is 4.29. The van der Waals surface area contributed by atoms with Gasteiger partial charge in [-0.25, -0.2) is 13.1 Å². The van der Waals surface area contributed by atoms with Crippen molar-refractivity contribution in [2.24, 2.45) is 0 Å². The monoisotopic (exact) mass is 316 g/mol. The maximum absolute atomic E-state index is 12.2. The maximum Gasteiger partial charge on any atom is 0.390 e. The highest BCUT2D eigenvalue weighted by Gasteiger charge is 2.32. The molecule has 3 N–H and O–H groups in total. The Morgan fingerprint density at radius 3 is 2.47 bits per heavy atom. The number of nitrogens with two attached hydrogens (primary N) is 1. The highest BCUT2D eigenvalue weighted by molar-refractivity contribution is 7.89. The largest absolute Gasteiger partial charge is 0.398 e. The molecule has 0 spiro atoms. The van der Waals surface area contributed by atoms with Gasteiger partial charge in [-0.1, -0.05) is 17.7 Å². The van der Waals surface area contributed by atoms with Crippen LogP contribution in [0.3, 0.4) is 0 Å². The molecular weight excluding hydrogens is 305 g/mol. The van der Waals surface area contributed by atoms with Crippen molar-refractivity contribution in [1.82, 2.24) is 4.72 Å². The highest BCUT2D eigenvalue weighted by Crippen LogP contribution is 2.28. The molecule has 0 aliphatic rings. The van der Waals surface area contributed by atoms with E-state index in [1.54, 1.807) is 0 Å². The molecule has 108 valence electrons. The summed E-state index contributed by atoms with van der Waals surface area (Å²) in [5.74, 6) is 0. The van der Waals surface area contributed by atoms with Crippen LogP contribution < -0.4 is 10.5 Å². The van der Waals surface area contributed by atoms with Crippen LogP contribution in [0.4, 0.5) is 18.9 Å². The standard InChI is InChI=1S/C10H12ClF3N2O2S/c1-6(5-10(12,13)14)16-19(17,18)9-7(11)3-2-4-8(9)15/h2-4,6,16H,5,15H2,1H3. The van der Waals surface area contributed by atoms with Gasteiger partial charge in [-0.05, 0) is 19.1 Å². The van der Waals surface area contributed by atoms with Gasteiger partial charge in [-0.15, -0.1) is 0 Å². The summed E-state index contributed by atoms with van der Waals surface area (Å²) in [5.41, 5.74) is 5.36. The SMILES string of the molecule is CC(CC(F)(F)F)NS(=O)(=O)c1c(N)cccc1Cl. The molecule has 0 radical (unpaired) electrons. The Kier molecular flexibility index (Phi) is 4.70. The average molecular weight is 317 g/mol. The quantitative estimate of drug-likeness (QED) is 0.838. The summed E-state index contributed by atoms with van der Waals surface area (Å²) in [6, 6.07) is 2.71. The summed E-state index contributed by atoms with van der Waals surface area (Å²) in [6.45, 7) is 1.11. The Balaban J connectivity index is 3.00. The van der Waals surface area contributed by atoms with Crippen molar-refractivity contribution in [2.75, 3.05) is 5.73 Å². The minimum Gasteiger partial charge on any atom is -0.398 e. The van der Waals surface area contributed by atoms with E-state index < -0.39 is 33.6 Å². The normalized spacial score (nSPS) is 14.4. The lowest BCUT2D eigenvalue weighted by atomic mass is 10.2. The zero-order valence-corrected chi connectivity index (χ0v) is 11.4. The Morgan fingerprint density at radius 2 is 2.00 bits per heavy atom. The van der Waals surface area contributed by atoms with E-state index in [0.29, 0.717) is 0 Å². The van der Waals surface area contributed by atoms with Crippen LogP contribution in [-0.2, 0) is 10.0 Å². The molecule has 1 aromatic carbocycles. The van der Waals surface area contributed by atoms with Crippen LogP contribution in [-0.4, -0.2) is 20.6 Å². The molecule has 4 nitrogen and oxygen atoms in total. The van der Waals surface area contributed by atoms with Crippen molar-refractivity contribution in [1.29, 1.82) is 0 Å². The molecule has 1 aromatic rings. The van der Waals surface area contributed by atoms with E-state index in [4.69, 9.17) is 17.3 Å². The fourth-order valence-electron chi connectivity index (χ4n) is 1.52. The van der Waals surface area contributed by atoms with E-state index >= 15 is 0 Å². The topological polar surface area (TPSA) is 72.2 Å². The van der Waals surface area contributed by atoms with Gasteiger partial charge in [-0.2, -0.15) is 13.2 Å². The smallest absolute Gasteiger partial charge is 0.390 e. The number of nitrogen functional groups attached to an aromatic ring is 1. The van der Waals surface area contributed by atoms with Crippen LogP contribution in [0.1, 0.15) is 13.3 Å². The van der Waals surface area contributed by atoms with Crippen LogP contribution in [0.2, 0.25) is 5.02 Å². The molecule has 0 bridgehead atoms. The molecule has 0 saturated carbocycles. The van der Waals surface area contributed by atoms with Crippen molar-refractivity contribution in [3.05, 3.63) is 23.2 Å². The second-order valence-electron chi connectivity index (χ2n) is 4.00. The fourth-order valence-corrected chi connectivity index (χ4v) is 3.44. The van der Waals surface area contributed by atoms with E-state index in [1.165, 1.54) is 18.2 Å². The average Bonchev–Trinajstić information content (AvgIpc) is 2.11. The Morgan fingerprint density at radius 1 is 1.42 bits per heavy atom. The molecule has 19 heavy (non-hydrogen) atoms. The van der Waals surface area contributed by atoms with E-state index in [2.05, 4.69) is 0 Å². The van der Waals surface area contributed by atoms with Gasteiger partial charge in [0.2, 0.25) is 10.0 Å². The summed E-state index contributed by atoms with van der Waals surface area (Å²) in [5, 5.41) is -0.147. The predicted octanol–water partition coefficient (Wildman–Crippen LogP) is 2.54. The summed E-state index contributed by atoms with van der Waals surface area (Å²) < 4.78 is 62.2. The van der Waals surface area contributed by atoms with Crippen LogP contribution in [0.25, 0.3) is 0 Å². The Labute approximate surface area is 113 Å². The molecule has 9 heteroatoms. The zero-order chi connectivity index (χ0) is 14.8. The third kappa shape index (κ3) is 4.55. The minimum absolute atomic E-state index is 0.126. The molecule has 0 fully saturated rings. The number of nitrogens with one attached hydrogen (secondary N) is 1. The first-order chi connectivity index (χ1) is 8.53. The van der Waals surface area contributed by atoms with Gasteiger partial charge >= 0.3 is 6.18 Å². The Bertz CT molecular complexity index is 540. The number of anilines is 1. The molecule has 0 amide bonds. The molecule has 1 unspecified atom stereocenters. The van der Waals surface area contributed by atoms with Gasteiger partial charge < -0.3 is 5.73 Å². The van der Waals surface area contributed by atoms with Crippen molar-refractivity contribution in [2.45, 2.75) is 30.5 Å². The molecule has 0 aliphatic carbocycles. The molecule has 1 rings (SSSR count). The number of hydrogen-bond donors (Lipinski definition) is 2. The van der Waals surface area contributed by atoms with Crippen LogP contribution in [0, 0.1) is 0 Å². The summed E-state index contributed by atoms with van der Waals surface area (Å²) in [7, 11) is -4.20. The van der Waals surface area contributed by atoms with Gasteiger partial charge in [-0.3, -0.25) is 0 Å². The van der Waals surface area contributed by atoms with E-state index in [0.717, 1.165) is 6.92 Å². The van der Waals surface area contributed by atoms with Gasteiger partial charge in [0.15, 0.2) is 0 Å². The van der Waals surface area contributed by atoms with Crippen molar-refractivity contribution in [3.63, 3.8) is 0 Å². The fraction of sp³-hybridized carbons (Fsp3) is 0.400. The van der Waals surface area contributed by atoms with Crippen LogP contribution in [0.5, 0.6) is 0 Å².